The van der Waals surface area contributed by atoms with E-state index in [9.17, 15) is 9.59 Å². The number of hydrogen-bond acceptors (Lipinski definition) is 6. The Morgan fingerprint density at radius 3 is 2.62 bits per heavy atom. The van der Waals surface area contributed by atoms with Gasteiger partial charge in [0.15, 0.2) is 0 Å². The number of hydrogen-bond donors (Lipinski definition) is 0. The molecule has 0 radical (unpaired) electrons. The molecule has 2 saturated heterocycles. The topological polar surface area (TPSA) is 83.8 Å². The van der Waals surface area contributed by atoms with Crippen LogP contribution in [0.5, 0.6) is 0 Å². The summed E-state index contributed by atoms with van der Waals surface area (Å²) >= 11 is 10.1. The molecule has 6 rings (SSSR count). The van der Waals surface area contributed by atoms with Crippen LogP contribution in [0, 0.1) is 12.8 Å². The van der Waals surface area contributed by atoms with E-state index in [1.807, 2.05) is 57.4 Å². The number of piperidine rings is 1. The molecule has 0 saturated carbocycles. The Hall–Kier alpha value is -2.95. The van der Waals surface area contributed by atoms with Gasteiger partial charge in [0.25, 0.3) is 0 Å². The van der Waals surface area contributed by atoms with Crippen molar-refractivity contribution in [3.8, 4) is 0 Å². The fraction of sp³-hybridized carbons (Fsp3) is 0.529. The van der Waals surface area contributed by atoms with Crippen molar-refractivity contribution in [2.24, 2.45) is 5.92 Å². The van der Waals surface area contributed by atoms with E-state index in [0.717, 1.165) is 53.7 Å². The van der Waals surface area contributed by atoms with Crippen molar-refractivity contribution < 1.29 is 14.3 Å². The van der Waals surface area contributed by atoms with E-state index >= 15 is 0 Å². The van der Waals surface area contributed by atoms with Crippen molar-refractivity contribution in [3.63, 3.8) is 0 Å². The summed E-state index contributed by atoms with van der Waals surface area (Å²) < 4.78 is 8.90. The van der Waals surface area contributed by atoms with E-state index in [1.54, 1.807) is 4.90 Å². The summed E-state index contributed by atoms with van der Waals surface area (Å²) in [6.45, 7) is 11.1. The Kier molecular flexibility index (Phi) is 9.28. The number of imidazole rings is 1. The Morgan fingerprint density at radius 1 is 1.07 bits per heavy atom. The van der Waals surface area contributed by atoms with E-state index in [4.69, 9.17) is 21.3 Å². The lowest BCUT2D eigenvalue weighted by Crippen LogP contribution is -2.63. The summed E-state index contributed by atoms with van der Waals surface area (Å²) in [7, 11) is 0. The number of piperazine rings is 1. The normalized spacial score (nSPS) is 22.4. The van der Waals surface area contributed by atoms with Gasteiger partial charge in [-0.15, -0.1) is 0 Å². The number of rotatable bonds is 4. The smallest absolute Gasteiger partial charge is 0.411 e. The lowest BCUT2D eigenvalue weighted by molar-refractivity contribution is -0.141. The molecule has 2 aliphatic heterocycles. The summed E-state index contributed by atoms with van der Waals surface area (Å²) in [4.78, 5) is 43.4. The SMILES string of the molecule is Cc1cn(C[C@@H]2CCCN(C(=O)[C@H]3CN([C@H]4c5ccc(Cl)cc5CCc5cc(Br)cnc54)CCN3C(=O)OC(C)(C)C)C2)cn1. The molecular weight excluding hydrogens is 656 g/mol. The number of aromatic nitrogens is 3. The van der Waals surface area contributed by atoms with Gasteiger partial charge in [0.05, 0.1) is 23.8 Å². The minimum Gasteiger partial charge on any atom is -0.444 e. The molecular formula is C34H42BrClN6O3. The van der Waals surface area contributed by atoms with Crippen molar-refractivity contribution in [1.29, 1.82) is 0 Å². The Bertz CT molecular complexity index is 1520. The van der Waals surface area contributed by atoms with Gasteiger partial charge >= 0.3 is 6.09 Å². The molecule has 2 fully saturated rings. The van der Waals surface area contributed by atoms with Gasteiger partial charge in [-0.25, -0.2) is 9.78 Å². The number of carbonyl (C=O) groups excluding carboxylic acids is 2. The molecule has 4 heterocycles. The number of nitrogens with zero attached hydrogens (tertiary/aromatic N) is 6. The predicted octanol–water partition coefficient (Wildman–Crippen LogP) is 6.05. The van der Waals surface area contributed by atoms with E-state index in [1.165, 1.54) is 11.1 Å². The zero-order chi connectivity index (χ0) is 31.9. The molecule has 9 nitrogen and oxygen atoms in total. The largest absolute Gasteiger partial charge is 0.444 e. The van der Waals surface area contributed by atoms with E-state index in [2.05, 4.69) is 48.6 Å². The van der Waals surface area contributed by atoms with E-state index in [-0.39, 0.29) is 11.9 Å². The Balaban J connectivity index is 1.32. The van der Waals surface area contributed by atoms with Gasteiger partial charge in [0, 0.05) is 61.2 Å². The summed E-state index contributed by atoms with van der Waals surface area (Å²) in [5, 5.41) is 0.709. The molecule has 0 unspecified atom stereocenters. The van der Waals surface area contributed by atoms with Gasteiger partial charge in [-0.2, -0.15) is 0 Å². The first-order valence-corrected chi connectivity index (χ1v) is 17.1. The van der Waals surface area contributed by atoms with Gasteiger partial charge in [-0.1, -0.05) is 17.7 Å². The number of carbonyl (C=O) groups is 2. The molecule has 1 aromatic carbocycles. The van der Waals surface area contributed by atoms with Gasteiger partial charge < -0.3 is 14.2 Å². The summed E-state index contributed by atoms with van der Waals surface area (Å²) in [6.07, 6.45) is 8.98. The number of aryl methyl sites for hydroxylation is 3. The number of benzene rings is 1. The molecule has 0 spiro atoms. The molecule has 11 heteroatoms. The number of fused-ring (bicyclic) bond motifs is 2. The zero-order valence-electron chi connectivity index (χ0n) is 26.5. The van der Waals surface area contributed by atoms with Crippen LogP contribution >= 0.6 is 27.5 Å². The fourth-order valence-corrected chi connectivity index (χ4v) is 7.64. The quantitative estimate of drug-likeness (QED) is 0.330. The number of ether oxygens (including phenoxy) is 1. The second kappa shape index (κ2) is 13.0. The molecule has 240 valence electrons. The Labute approximate surface area is 279 Å². The second-order valence-corrected chi connectivity index (χ2v) is 15.0. The standard InChI is InChI=1S/C34H42BrClN6O3/c1-22-17-39(21-38-22)18-23-6-5-11-41(19-23)32(43)29-20-40(12-13-42(29)33(44)45-34(2,3)4)31-28-10-9-27(36)15-24(28)7-8-25-14-26(35)16-37-30(25)31/h9-10,14-17,21,23,29,31H,5-8,11-13,18-20H2,1-4H3/t23-,29+,31-/m0/s1. The van der Waals surface area contributed by atoms with Gasteiger partial charge in [-0.3, -0.25) is 19.6 Å². The van der Waals surface area contributed by atoms with Crippen LogP contribution in [0.1, 0.15) is 67.7 Å². The maximum Gasteiger partial charge on any atom is 0.411 e. The van der Waals surface area contributed by atoms with Gasteiger partial charge in [0.1, 0.15) is 11.6 Å². The van der Waals surface area contributed by atoms with Crippen LogP contribution in [0.25, 0.3) is 0 Å². The van der Waals surface area contributed by atoms with Crippen molar-refractivity contribution in [1.82, 2.24) is 29.2 Å². The molecule has 3 atom stereocenters. The molecule has 0 bridgehead atoms. The molecule has 3 aromatic rings. The van der Waals surface area contributed by atoms with Crippen LogP contribution in [0.15, 0.2) is 47.5 Å². The third-order valence-corrected chi connectivity index (χ3v) is 9.71. The third-order valence-electron chi connectivity index (χ3n) is 9.04. The van der Waals surface area contributed by atoms with Crippen molar-refractivity contribution in [3.05, 3.63) is 80.6 Å². The van der Waals surface area contributed by atoms with Crippen LogP contribution in [0.4, 0.5) is 4.79 Å². The number of pyridine rings is 1. The van der Waals surface area contributed by atoms with E-state index < -0.39 is 17.7 Å². The van der Waals surface area contributed by atoms with Crippen molar-refractivity contribution in [2.45, 2.75) is 77.6 Å². The Morgan fingerprint density at radius 2 is 1.87 bits per heavy atom. The molecule has 3 aliphatic rings. The fourth-order valence-electron chi connectivity index (χ4n) is 7.07. The van der Waals surface area contributed by atoms with Crippen LogP contribution in [-0.2, 0) is 28.9 Å². The predicted molar refractivity (Wildman–Crippen MR) is 177 cm³/mol. The zero-order valence-corrected chi connectivity index (χ0v) is 28.9. The maximum atomic E-state index is 14.5. The maximum absolute atomic E-state index is 14.5. The highest BCUT2D eigenvalue weighted by molar-refractivity contribution is 9.10. The third kappa shape index (κ3) is 7.23. The van der Waals surface area contributed by atoms with Crippen molar-refractivity contribution >= 4 is 39.5 Å². The molecule has 0 N–H and O–H groups in total. The number of amides is 2. The van der Waals surface area contributed by atoms with Gasteiger partial charge in [-0.05, 0) is 110 Å². The second-order valence-electron chi connectivity index (χ2n) is 13.6. The minimum absolute atomic E-state index is 0.0222. The summed E-state index contributed by atoms with van der Waals surface area (Å²) in [5.74, 6) is 0.296. The summed E-state index contributed by atoms with van der Waals surface area (Å²) in [6, 6.07) is 7.40. The first-order valence-electron chi connectivity index (χ1n) is 15.9. The first-order chi connectivity index (χ1) is 21.4. The van der Waals surface area contributed by atoms with Crippen LogP contribution in [0.2, 0.25) is 5.02 Å². The van der Waals surface area contributed by atoms with E-state index in [0.29, 0.717) is 43.7 Å². The highest BCUT2D eigenvalue weighted by Gasteiger charge is 2.43. The highest BCUT2D eigenvalue weighted by atomic mass is 79.9. The number of halogens is 2. The first kappa shape index (κ1) is 32.0. The van der Waals surface area contributed by atoms with Crippen molar-refractivity contribution in [2.75, 3.05) is 32.7 Å². The lowest BCUT2D eigenvalue weighted by atomic mass is 9.94. The average Bonchev–Trinajstić information content (AvgIpc) is 3.33. The van der Waals surface area contributed by atoms with Gasteiger partial charge in [0.2, 0.25) is 5.91 Å². The monoisotopic (exact) mass is 696 g/mol. The lowest BCUT2D eigenvalue weighted by Gasteiger charge is -2.46. The molecule has 1 aliphatic carbocycles. The molecule has 2 aromatic heterocycles. The van der Waals surface area contributed by atoms with Crippen LogP contribution < -0.4 is 0 Å². The summed E-state index contributed by atoms with van der Waals surface area (Å²) in [5.41, 5.74) is 4.82. The van der Waals surface area contributed by atoms with Crippen LogP contribution in [0.3, 0.4) is 0 Å². The highest BCUT2D eigenvalue weighted by Crippen LogP contribution is 2.39. The van der Waals surface area contributed by atoms with Crippen LogP contribution in [-0.4, -0.2) is 85.6 Å². The number of likely N-dealkylation sites (tertiary alicyclic amines) is 1. The molecule has 2 amide bonds. The average molecular weight is 698 g/mol. The minimum atomic E-state index is -0.680. The molecule has 45 heavy (non-hydrogen) atoms.